The van der Waals surface area contributed by atoms with E-state index in [2.05, 4.69) is 29.2 Å². The number of phenols is 1. The second-order valence-corrected chi connectivity index (χ2v) is 6.79. The number of methoxy groups -OCH3 is 1. The number of hydrogen-bond donors (Lipinski definition) is 1. The third-order valence-electron chi connectivity index (χ3n) is 4.74. The maximum absolute atomic E-state index is 12.7. The van der Waals surface area contributed by atoms with Gasteiger partial charge in [0.15, 0.2) is 0 Å². The van der Waals surface area contributed by atoms with Crippen molar-refractivity contribution in [1.82, 2.24) is 4.90 Å². The molecule has 144 valence electrons. The third kappa shape index (κ3) is 5.44. The molecule has 0 spiro atoms. The summed E-state index contributed by atoms with van der Waals surface area (Å²) in [4.78, 5) is 14.8. The summed E-state index contributed by atoms with van der Waals surface area (Å²) < 4.78 is 5.13. The van der Waals surface area contributed by atoms with E-state index in [1.54, 1.807) is 12.1 Å². The Balaban J connectivity index is 1.89. The number of rotatable bonds is 8. The number of esters is 1. The molecule has 0 radical (unpaired) electrons. The number of benzene rings is 3. The lowest BCUT2D eigenvalue weighted by molar-refractivity contribution is -0.147. The van der Waals surface area contributed by atoms with Gasteiger partial charge in [-0.15, -0.1) is 0 Å². The van der Waals surface area contributed by atoms with Gasteiger partial charge in [0.1, 0.15) is 11.8 Å². The smallest absolute Gasteiger partial charge is 0.323 e. The zero-order valence-corrected chi connectivity index (χ0v) is 16.0. The summed E-state index contributed by atoms with van der Waals surface area (Å²) in [6, 6.07) is 26.8. The predicted molar refractivity (Wildman–Crippen MR) is 110 cm³/mol. The predicted octanol–water partition coefficient (Wildman–Crippen LogP) is 4.18. The zero-order valence-electron chi connectivity index (χ0n) is 16.0. The summed E-state index contributed by atoms with van der Waals surface area (Å²) in [6.07, 6.45) is 0.507. The van der Waals surface area contributed by atoms with Gasteiger partial charge in [0.2, 0.25) is 0 Å². The van der Waals surface area contributed by atoms with Crippen molar-refractivity contribution in [3.8, 4) is 5.75 Å². The molecule has 0 bridgehead atoms. The van der Waals surface area contributed by atoms with E-state index >= 15 is 0 Å². The van der Waals surface area contributed by atoms with Crippen LogP contribution in [-0.2, 0) is 29.0 Å². The Morgan fingerprint density at radius 2 is 1.32 bits per heavy atom. The van der Waals surface area contributed by atoms with Crippen LogP contribution in [0.4, 0.5) is 0 Å². The fourth-order valence-corrected chi connectivity index (χ4v) is 3.26. The lowest BCUT2D eigenvalue weighted by Crippen LogP contribution is -2.42. The molecule has 0 unspecified atom stereocenters. The van der Waals surface area contributed by atoms with Crippen molar-refractivity contribution < 1.29 is 14.6 Å². The molecule has 4 nitrogen and oxygen atoms in total. The highest BCUT2D eigenvalue weighted by atomic mass is 16.5. The van der Waals surface area contributed by atoms with Crippen molar-refractivity contribution in [3.05, 3.63) is 102 Å². The highest BCUT2D eigenvalue weighted by Gasteiger charge is 2.27. The van der Waals surface area contributed by atoms with Gasteiger partial charge in [-0.3, -0.25) is 9.69 Å². The van der Waals surface area contributed by atoms with Gasteiger partial charge in [-0.25, -0.2) is 0 Å². The van der Waals surface area contributed by atoms with Gasteiger partial charge in [0.05, 0.1) is 7.11 Å². The Labute approximate surface area is 166 Å². The van der Waals surface area contributed by atoms with Crippen LogP contribution in [0.25, 0.3) is 0 Å². The Bertz CT molecular complexity index is 822. The van der Waals surface area contributed by atoms with Crippen LogP contribution in [0.3, 0.4) is 0 Å². The first-order valence-electron chi connectivity index (χ1n) is 9.33. The second-order valence-electron chi connectivity index (χ2n) is 6.79. The Hall–Kier alpha value is -3.11. The van der Waals surface area contributed by atoms with Crippen molar-refractivity contribution in [2.75, 3.05) is 7.11 Å². The molecule has 0 amide bonds. The van der Waals surface area contributed by atoms with E-state index in [1.807, 2.05) is 48.5 Å². The largest absolute Gasteiger partial charge is 0.508 e. The van der Waals surface area contributed by atoms with Gasteiger partial charge in [0.25, 0.3) is 0 Å². The third-order valence-corrected chi connectivity index (χ3v) is 4.74. The summed E-state index contributed by atoms with van der Waals surface area (Å²) >= 11 is 0. The van der Waals surface area contributed by atoms with E-state index in [1.165, 1.54) is 7.11 Å². The summed E-state index contributed by atoms with van der Waals surface area (Å²) in [5.74, 6) is -0.0521. The molecule has 0 aromatic heterocycles. The minimum Gasteiger partial charge on any atom is -0.508 e. The Morgan fingerprint density at radius 3 is 1.79 bits per heavy atom. The normalized spacial score (nSPS) is 11.9. The summed E-state index contributed by atoms with van der Waals surface area (Å²) in [6.45, 7) is 1.27. The van der Waals surface area contributed by atoms with Gasteiger partial charge < -0.3 is 9.84 Å². The van der Waals surface area contributed by atoms with E-state index in [0.717, 1.165) is 16.7 Å². The van der Waals surface area contributed by atoms with Crippen LogP contribution in [0.2, 0.25) is 0 Å². The molecule has 0 heterocycles. The van der Waals surface area contributed by atoms with Gasteiger partial charge >= 0.3 is 5.97 Å². The van der Waals surface area contributed by atoms with E-state index < -0.39 is 6.04 Å². The number of carbonyl (C=O) groups is 1. The van der Waals surface area contributed by atoms with Gasteiger partial charge in [-0.1, -0.05) is 72.8 Å². The first-order chi connectivity index (χ1) is 13.7. The Kier molecular flexibility index (Phi) is 6.82. The monoisotopic (exact) mass is 375 g/mol. The molecule has 0 aliphatic heterocycles. The SMILES string of the molecule is COC(=O)[C@H](Cc1ccc(O)cc1)N(Cc1ccccc1)Cc1ccccc1. The molecule has 1 atom stereocenters. The molecule has 3 aromatic rings. The zero-order chi connectivity index (χ0) is 19.8. The first-order valence-corrected chi connectivity index (χ1v) is 9.33. The number of phenolic OH excluding ortho intramolecular Hbond substituents is 1. The molecule has 1 N–H and O–H groups in total. The summed E-state index contributed by atoms with van der Waals surface area (Å²) in [5.41, 5.74) is 3.25. The number of nitrogens with zero attached hydrogens (tertiary/aromatic N) is 1. The van der Waals surface area contributed by atoms with Crippen LogP contribution in [0.5, 0.6) is 5.75 Å². The standard InChI is InChI=1S/C24H25NO3/c1-28-24(27)23(16-19-12-14-22(26)15-13-19)25(17-20-8-4-2-5-9-20)18-21-10-6-3-7-11-21/h2-15,23,26H,16-18H2,1H3/t23-/m0/s1. The molecule has 0 saturated heterocycles. The topological polar surface area (TPSA) is 49.8 Å². The molecule has 3 aromatic carbocycles. The van der Waals surface area contributed by atoms with Crippen LogP contribution >= 0.6 is 0 Å². The van der Waals surface area contributed by atoms with Crippen LogP contribution in [0.1, 0.15) is 16.7 Å². The fraction of sp³-hybridized carbons (Fsp3) is 0.208. The van der Waals surface area contributed by atoms with Crippen LogP contribution in [0.15, 0.2) is 84.9 Å². The Morgan fingerprint density at radius 1 is 0.821 bits per heavy atom. The molecular weight excluding hydrogens is 350 g/mol. The molecule has 0 fully saturated rings. The van der Waals surface area contributed by atoms with Crippen molar-refractivity contribution in [1.29, 1.82) is 0 Å². The second kappa shape index (κ2) is 9.72. The van der Waals surface area contributed by atoms with Crippen LogP contribution < -0.4 is 0 Å². The number of aromatic hydroxyl groups is 1. The minimum absolute atomic E-state index is 0.212. The maximum atomic E-state index is 12.7. The lowest BCUT2D eigenvalue weighted by Gasteiger charge is -2.30. The molecule has 0 aliphatic carbocycles. The number of carbonyl (C=O) groups excluding carboxylic acids is 1. The number of ether oxygens (including phenoxy) is 1. The van der Waals surface area contributed by atoms with Crippen molar-refractivity contribution >= 4 is 5.97 Å². The van der Waals surface area contributed by atoms with Gasteiger partial charge in [-0.05, 0) is 35.2 Å². The molecule has 0 saturated carbocycles. The van der Waals surface area contributed by atoms with Crippen LogP contribution in [0, 0.1) is 0 Å². The van der Waals surface area contributed by atoms with Gasteiger partial charge in [-0.2, -0.15) is 0 Å². The van der Waals surface area contributed by atoms with E-state index in [-0.39, 0.29) is 11.7 Å². The minimum atomic E-state index is -0.435. The average molecular weight is 375 g/mol. The molecule has 3 rings (SSSR count). The molecule has 4 heteroatoms. The van der Waals surface area contributed by atoms with Crippen molar-refractivity contribution in [3.63, 3.8) is 0 Å². The van der Waals surface area contributed by atoms with E-state index in [9.17, 15) is 9.90 Å². The average Bonchev–Trinajstić information content (AvgIpc) is 2.74. The first kappa shape index (κ1) is 19.6. The van der Waals surface area contributed by atoms with E-state index in [4.69, 9.17) is 4.74 Å². The summed E-state index contributed by atoms with van der Waals surface area (Å²) in [7, 11) is 1.43. The molecular formula is C24H25NO3. The lowest BCUT2D eigenvalue weighted by atomic mass is 10.0. The quantitative estimate of drug-likeness (QED) is 0.600. The van der Waals surface area contributed by atoms with Crippen molar-refractivity contribution in [2.45, 2.75) is 25.6 Å². The van der Waals surface area contributed by atoms with Crippen molar-refractivity contribution in [2.24, 2.45) is 0 Å². The highest BCUT2D eigenvalue weighted by molar-refractivity contribution is 5.76. The van der Waals surface area contributed by atoms with Crippen LogP contribution in [-0.4, -0.2) is 29.1 Å². The fourth-order valence-electron chi connectivity index (χ4n) is 3.26. The molecule has 0 aliphatic rings. The highest BCUT2D eigenvalue weighted by Crippen LogP contribution is 2.19. The van der Waals surface area contributed by atoms with Gasteiger partial charge in [0, 0.05) is 13.1 Å². The number of hydrogen-bond acceptors (Lipinski definition) is 4. The van der Waals surface area contributed by atoms with E-state index in [0.29, 0.717) is 19.5 Å². The maximum Gasteiger partial charge on any atom is 0.323 e. The summed E-state index contributed by atoms with van der Waals surface area (Å²) in [5, 5.41) is 9.54. The molecule has 28 heavy (non-hydrogen) atoms.